The molecule has 0 aliphatic carbocycles. The lowest BCUT2D eigenvalue weighted by atomic mass is 10.0. The van der Waals surface area contributed by atoms with Gasteiger partial charge < -0.3 is 30.3 Å². The third-order valence-corrected chi connectivity index (χ3v) is 5.45. The predicted molar refractivity (Wildman–Crippen MR) is 135 cm³/mol. The van der Waals surface area contributed by atoms with Gasteiger partial charge in [-0.1, -0.05) is 72.8 Å². The van der Waals surface area contributed by atoms with Crippen molar-refractivity contribution in [3.05, 3.63) is 102 Å². The molecule has 3 rings (SSSR count). The van der Waals surface area contributed by atoms with E-state index in [2.05, 4.69) is 10.6 Å². The third-order valence-electron chi connectivity index (χ3n) is 5.45. The van der Waals surface area contributed by atoms with Gasteiger partial charge in [-0.15, -0.1) is 0 Å². The number of esters is 1. The van der Waals surface area contributed by atoms with Gasteiger partial charge >= 0.3 is 12.1 Å². The van der Waals surface area contributed by atoms with Gasteiger partial charge in [-0.25, -0.2) is 9.59 Å². The summed E-state index contributed by atoms with van der Waals surface area (Å²) in [6, 6.07) is 21.7. The lowest BCUT2D eigenvalue weighted by Crippen LogP contribution is -2.56. The van der Waals surface area contributed by atoms with Crippen LogP contribution in [-0.4, -0.2) is 46.4 Å². The van der Waals surface area contributed by atoms with Crippen LogP contribution in [-0.2, 0) is 38.7 Å². The first-order valence-electron chi connectivity index (χ1n) is 11.8. The van der Waals surface area contributed by atoms with Gasteiger partial charge in [-0.3, -0.25) is 4.79 Å². The Morgan fingerprint density at radius 3 is 1.84 bits per heavy atom. The minimum absolute atomic E-state index is 0.00547. The molecule has 0 saturated heterocycles. The van der Waals surface area contributed by atoms with Crippen LogP contribution in [0.25, 0.3) is 0 Å². The molecule has 194 valence electrons. The number of aliphatic hydroxyl groups excluding tert-OH is 1. The van der Waals surface area contributed by atoms with E-state index in [-0.39, 0.29) is 25.4 Å². The molecule has 0 spiro atoms. The second-order valence-electron chi connectivity index (χ2n) is 8.45. The van der Waals surface area contributed by atoms with E-state index < -0.39 is 36.2 Å². The van der Waals surface area contributed by atoms with E-state index in [1.54, 1.807) is 48.5 Å². The lowest BCUT2D eigenvalue weighted by molar-refractivity contribution is -0.149. The molecule has 0 aromatic heterocycles. The van der Waals surface area contributed by atoms with Crippen LogP contribution in [0.1, 0.15) is 23.6 Å². The van der Waals surface area contributed by atoms with Crippen molar-refractivity contribution < 1.29 is 34.1 Å². The van der Waals surface area contributed by atoms with Gasteiger partial charge in [0.15, 0.2) is 0 Å². The number of hydrogen-bond acceptors (Lipinski definition) is 7. The first-order chi connectivity index (χ1) is 17.8. The highest BCUT2D eigenvalue weighted by Gasteiger charge is 2.31. The first kappa shape index (κ1) is 27.2. The molecular weight excluding hydrogens is 476 g/mol. The smallest absolute Gasteiger partial charge is 0.408 e. The number of phenolic OH excluding ortho intramolecular Hbond substituents is 1. The summed E-state index contributed by atoms with van der Waals surface area (Å²) in [5.74, 6) is -1.42. The highest BCUT2D eigenvalue weighted by atomic mass is 16.5. The predicted octanol–water partition coefficient (Wildman–Crippen LogP) is 2.84. The number of benzene rings is 3. The number of nitrogens with one attached hydrogen (secondary N) is 2. The van der Waals surface area contributed by atoms with Crippen molar-refractivity contribution in [2.45, 2.75) is 44.7 Å². The van der Waals surface area contributed by atoms with Gasteiger partial charge in [0.25, 0.3) is 0 Å². The summed E-state index contributed by atoms with van der Waals surface area (Å²) >= 11 is 0. The van der Waals surface area contributed by atoms with Gasteiger partial charge in [0.1, 0.15) is 31.0 Å². The minimum atomic E-state index is -1.38. The highest BCUT2D eigenvalue weighted by Crippen LogP contribution is 2.13. The van der Waals surface area contributed by atoms with E-state index in [9.17, 15) is 24.6 Å². The van der Waals surface area contributed by atoms with Crippen molar-refractivity contribution in [1.29, 1.82) is 0 Å². The average molecular weight is 507 g/mol. The van der Waals surface area contributed by atoms with Crippen LogP contribution < -0.4 is 10.6 Å². The molecule has 3 atom stereocenters. The van der Waals surface area contributed by atoms with Crippen molar-refractivity contribution in [2.24, 2.45) is 0 Å². The van der Waals surface area contributed by atoms with Crippen LogP contribution in [0.2, 0.25) is 0 Å². The maximum atomic E-state index is 13.0. The zero-order valence-electron chi connectivity index (χ0n) is 20.4. The Morgan fingerprint density at radius 2 is 1.30 bits per heavy atom. The summed E-state index contributed by atoms with van der Waals surface area (Å²) in [4.78, 5) is 38.3. The molecule has 0 radical (unpaired) electrons. The highest BCUT2D eigenvalue weighted by molar-refractivity contribution is 5.90. The maximum Gasteiger partial charge on any atom is 0.408 e. The Kier molecular flexibility index (Phi) is 10.0. The summed E-state index contributed by atoms with van der Waals surface area (Å²) in [7, 11) is 0. The Bertz CT molecular complexity index is 1150. The number of phenols is 1. The van der Waals surface area contributed by atoms with Gasteiger partial charge in [0, 0.05) is 6.42 Å². The first-order valence-corrected chi connectivity index (χ1v) is 11.8. The van der Waals surface area contributed by atoms with E-state index in [0.29, 0.717) is 5.56 Å². The van der Waals surface area contributed by atoms with Crippen LogP contribution in [0, 0.1) is 0 Å². The number of alkyl carbamates (subject to hydrolysis) is 1. The molecule has 0 aliphatic heterocycles. The summed E-state index contributed by atoms with van der Waals surface area (Å²) in [6.07, 6.45) is -2.12. The van der Waals surface area contributed by atoms with Crippen molar-refractivity contribution in [1.82, 2.24) is 10.6 Å². The second-order valence-corrected chi connectivity index (χ2v) is 8.45. The number of carbonyl (C=O) groups is 3. The molecule has 2 amide bonds. The Labute approximate surface area is 215 Å². The van der Waals surface area contributed by atoms with Gasteiger partial charge in [-0.05, 0) is 35.7 Å². The van der Waals surface area contributed by atoms with Gasteiger partial charge in [0.2, 0.25) is 5.91 Å². The number of aliphatic hydroxyl groups is 1. The Morgan fingerprint density at radius 1 is 0.757 bits per heavy atom. The Balaban J connectivity index is 1.66. The molecule has 0 bridgehead atoms. The molecule has 3 aromatic rings. The normalized spacial score (nSPS) is 13.0. The monoisotopic (exact) mass is 506 g/mol. The molecule has 0 unspecified atom stereocenters. The molecule has 9 heteroatoms. The van der Waals surface area contributed by atoms with E-state index in [1.165, 1.54) is 19.1 Å². The van der Waals surface area contributed by atoms with Crippen LogP contribution in [0.5, 0.6) is 5.75 Å². The molecule has 37 heavy (non-hydrogen) atoms. The van der Waals surface area contributed by atoms with Gasteiger partial charge in [-0.2, -0.15) is 0 Å². The summed E-state index contributed by atoms with van der Waals surface area (Å²) in [5, 5.41) is 24.6. The minimum Gasteiger partial charge on any atom is -0.508 e. The van der Waals surface area contributed by atoms with Crippen molar-refractivity contribution in [3.63, 3.8) is 0 Å². The molecule has 4 N–H and O–H groups in total. The van der Waals surface area contributed by atoms with Crippen molar-refractivity contribution in [3.8, 4) is 5.75 Å². The van der Waals surface area contributed by atoms with Crippen LogP contribution in [0.4, 0.5) is 4.79 Å². The molecule has 0 saturated carbocycles. The van der Waals surface area contributed by atoms with Crippen LogP contribution in [0.3, 0.4) is 0 Å². The number of hydrogen-bond donors (Lipinski definition) is 4. The number of amides is 2. The second kappa shape index (κ2) is 13.6. The van der Waals surface area contributed by atoms with E-state index in [1.807, 2.05) is 24.3 Å². The fourth-order valence-electron chi connectivity index (χ4n) is 3.45. The fourth-order valence-corrected chi connectivity index (χ4v) is 3.45. The third kappa shape index (κ3) is 8.97. The molecular formula is C28H30N2O7. The Hall–Kier alpha value is -4.37. The fraction of sp³-hybridized carbons (Fsp3) is 0.250. The topological polar surface area (TPSA) is 134 Å². The standard InChI is InChI=1S/C28H30N2O7/c1-19(31)25(30-28(35)37-18-22-10-6-3-7-11-22)26(33)29-24(16-20-12-14-23(32)15-13-20)27(34)36-17-21-8-4-2-5-9-21/h2-15,19,24-25,31-32H,16-18H2,1H3,(H,29,33)(H,30,35)/t19-,24+,25-/m1/s1. The average Bonchev–Trinajstić information content (AvgIpc) is 2.91. The lowest BCUT2D eigenvalue weighted by Gasteiger charge is -2.24. The van der Waals surface area contributed by atoms with E-state index >= 15 is 0 Å². The van der Waals surface area contributed by atoms with Gasteiger partial charge in [0.05, 0.1) is 6.10 Å². The zero-order chi connectivity index (χ0) is 26.6. The van der Waals surface area contributed by atoms with E-state index in [4.69, 9.17) is 9.47 Å². The SMILES string of the molecule is C[C@@H](O)[C@@H](NC(=O)OCc1ccccc1)C(=O)N[C@@H](Cc1ccc(O)cc1)C(=O)OCc1ccccc1. The van der Waals surface area contributed by atoms with Crippen LogP contribution >= 0.6 is 0 Å². The number of rotatable bonds is 11. The quantitative estimate of drug-likeness (QED) is 0.294. The molecule has 0 fully saturated rings. The zero-order valence-corrected chi connectivity index (χ0v) is 20.4. The van der Waals surface area contributed by atoms with Crippen molar-refractivity contribution in [2.75, 3.05) is 0 Å². The molecule has 0 heterocycles. The van der Waals surface area contributed by atoms with Crippen LogP contribution in [0.15, 0.2) is 84.9 Å². The summed E-state index contributed by atoms with van der Waals surface area (Å²) in [5.41, 5.74) is 2.18. The van der Waals surface area contributed by atoms with Crippen molar-refractivity contribution >= 4 is 18.0 Å². The number of carbonyl (C=O) groups excluding carboxylic acids is 3. The largest absolute Gasteiger partial charge is 0.508 e. The number of aromatic hydroxyl groups is 1. The maximum absolute atomic E-state index is 13.0. The van der Waals surface area contributed by atoms with E-state index in [0.717, 1.165) is 11.1 Å². The summed E-state index contributed by atoms with van der Waals surface area (Å²) < 4.78 is 10.6. The molecule has 9 nitrogen and oxygen atoms in total. The molecule has 0 aliphatic rings. The number of ether oxygens (including phenoxy) is 2. The summed E-state index contributed by atoms with van der Waals surface area (Å²) in [6.45, 7) is 1.33. The molecule has 3 aromatic carbocycles.